The van der Waals surface area contributed by atoms with E-state index in [1.807, 2.05) is 4.90 Å². The van der Waals surface area contributed by atoms with E-state index < -0.39 is 0 Å². The van der Waals surface area contributed by atoms with Crippen molar-refractivity contribution >= 4 is 21.8 Å². The van der Waals surface area contributed by atoms with Gasteiger partial charge in [0, 0.05) is 24.8 Å². The number of alkyl halides is 1. The quantitative estimate of drug-likeness (QED) is 0.712. The maximum atomic E-state index is 12.1. The van der Waals surface area contributed by atoms with Crippen LogP contribution in [0, 0.1) is 17.8 Å². The molecule has 2 rings (SSSR count). The molecule has 1 amide bonds. The molecule has 0 saturated heterocycles. The molecule has 2 bridgehead atoms. The van der Waals surface area contributed by atoms with Gasteiger partial charge in [-0.05, 0) is 43.9 Å². The lowest BCUT2D eigenvalue weighted by Gasteiger charge is -2.25. The van der Waals surface area contributed by atoms with Gasteiger partial charge in [0.25, 0.3) is 0 Å². The molecule has 2 nitrogen and oxygen atoms in total. The van der Waals surface area contributed by atoms with Crippen molar-refractivity contribution in [1.29, 1.82) is 0 Å². The minimum absolute atomic E-state index is 0.375. The van der Waals surface area contributed by atoms with Crippen LogP contribution in [0.1, 0.15) is 39.0 Å². The van der Waals surface area contributed by atoms with E-state index in [0.29, 0.717) is 11.8 Å². The Morgan fingerprint density at radius 1 is 1.38 bits per heavy atom. The van der Waals surface area contributed by atoms with Crippen molar-refractivity contribution in [1.82, 2.24) is 4.90 Å². The Hall–Kier alpha value is -0.0500. The van der Waals surface area contributed by atoms with Gasteiger partial charge in [-0.1, -0.05) is 22.4 Å². The fourth-order valence-corrected chi connectivity index (χ4v) is 3.97. The zero-order valence-corrected chi connectivity index (χ0v) is 11.7. The number of carbonyl (C=O) groups excluding carboxylic acids is 1. The Labute approximate surface area is 107 Å². The standard InChI is InChI=1S/C13H22BrNO/c1-2-15(6-5-14)13(16)9-12-8-10-3-4-11(12)7-10/h10-12H,2-9H2,1H3. The van der Waals surface area contributed by atoms with E-state index in [0.717, 1.165) is 36.7 Å². The summed E-state index contributed by atoms with van der Waals surface area (Å²) in [5.74, 6) is 2.90. The molecule has 2 aliphatic rings. The molecule has 0 N–H and O–H groups in total. The average molecular weight is 288 g/mol. The topological polar surface area (TPSA) is 20.3 Å². The highest BCUT2D eigenvalue weighted by atomic mass is 79.9. The summed E-state index contributed by atoms with van der Waals surface area (Å²) in [6.07, 6.45) is 6.34. The van der Waals surface area contributed by atoms with Crippen LogP contribution in [0.4, 0.5) is 0 Å². The number of hydrogen-bond acceptors (Lipinski definition) is 1. The number of amides is 1. The molecular weight excluding hydrogens is 266 g/mol. The molecule has 2 aliphatic carbocycles. The molecule has 16 heavy (non-hydrogen) atoms. The Balaban J connectivity index is 1.82. The van der Waals surface area contributed by atoms with Gasteiger partial charge >= 0.3 is 0 Å². The minimum Gasteiger partial charge on any atom is -0.342 e. The number of carbonyl (C=O) groups is 1. The molecule has 0 radical (unpaired) electrons. The molecule has 0 aliphatic heterocycles. The summed E-state index contributed by atoms with van der Waals surface area (Å²) < 4.78 is 0. The lowest BCUT2D eigenvalue weighted by Crippen LogP contribution is -2.34. The van der Waals surface area contributed by atoms with Crippen molar-refractivity contribution in [2.75, 3.05) is 18.4 Å². The zero-order valence-electron chi connectivity index (χ0n) is 10.1. The van der Waals surface area contributed by atoms with Crippen LogP contribution in [-0.4, -0.2) is 29.2 Å². The Kier molecular flexibility index (Phi) is 4.28. The molecule has 0 aromatic heterocycles. The molecular formula is C13H22BrNO. The predicted molar refractivity (Wildman–Crippen MR) is 69.6 cm³/mol. The molecule has 3 heteroatoms. The van der Waals surface area contributed by atoms with E-state index in [4.69, 9.17) is 0 Å². The highest BCUT2D eigenvalue weighted by Crippen LogP contribution is 2.49. The van der Waals surface area contributed by atoms with Crippen LogP contribution in [0.5, 0.6) is 0 Å². The monoisotopic (exact) mass is 287 g/mol. The van der Waals surface area contributed by atoms with E-state index in [2.05, 4.69) is 22.9 Å². The Bertz CT molecular complexity index is 256. The third-order valence-corrected chi connectivity index (χ3v) is 4.76. The first kappa shape index (κ1) is 12.4. The summed E-state index contributed by atoms with van der Waals surface area (Å²) in [7, 11) is 0. The van der Waals surface area contributed by atoms with Crippen LogP contribution in [0.25, 0.3) is 0 Å². The molecule has 0 spiro atoms. The largest absolute Gasteiger partial charge is 0.342 e. The van der Waals surface area contributed by atoms with Gasteiger partial charge in [0.1, 0.15) is 0 Å². The van der Waals surface area contributed by atoms with Crippen molar-refractivity contribution in [3.8, 4) is 0 Å². The summed E-state index contributed by atoms with van der Waals surface area (Å²) >= 11 is 3.41. The first-order valence-corrected chi connectivity index (χ1v) is 7.70. The van der Waals surface area contributed by atoms with Crippen LogP contribution < -0.4 is 0 Å². The molecule has 92 valence electrons. The fraction of sp³-hybridized carbons (Fsp3) is 0.923. The van der Waals surface area contributed by atoms with E-state index in [9.17, 15) is 4.79 Å². The summed E-state index contributed by atoms with van der Waals surface area (Å²) in [5.41, 5.74) is 0. The van der Waals surface area contributed by atoms with E-state index in [-0.39, 0.29) is 0 Å². The molecule has 2 fully saturated rings. The van der Waals surface area contributed by atoms with Gasteiger partial charge in [-0.15, -0.1) is 0 Å². The second-order valence-electron chi connectivity index (χ2n) is 5.30. The summed E-state index contributed by atoms with van der Waals surface area (Å²) in [4.78, 5) is 14.1. The third-order valence-electron chi connectivity index (χ3n) is 4.41. The summed E-state index contributed by atoms with van der Waals surface area (Å²) in [6.45, 7) is 3.78. The van der Waals surface area contributed by atoms with Gasteiger partial charge in [-0.2, -0.15) is 0 Å². The molecule has 0 heterocycles. The Morgan fingerprint density at radius 3 is 2.69 bits per heavy atom. The maximum absolute atomic E-state index is 12.1. The van der Waals surface area contributed by atoms with Crippen LogP contribution in [-0.2, 0) is 4.79 Å². The SMILES string of the molecule is CCN(CCBr)C(=O)CC1CC2CCC1C2. The third kappa shape index (κ3) is 2.61. The lowest BCUT2D eigenvalue weighted by atomic mass is 9.86. The first-order chi connectivity index (χ1) is 7.74. The number of halogens is 1. The zero-order chi connectivity index (χ0) is 11.5. The van der Waals surface area contributed by atoms with Crippen molar-refractivity contribution in [2.24, 2.45) is 17.8 Å². The highest BCUT2D eigenvalue weighted by molar-refractivity contribution is 9.09. The van der Waals surface area contributed by atoms with Gasteiger partial charge in [-0.25, -0.2) is 0 Å². The molecule has 2 saturated carbocycles. The lowest BCUT2D eigenvalue weighted by molar-refractivity contribution is -0.132. The van der Waals surface area contributed by atoms with Crippen molar-refractivity contribution < 1.29 is 4.79 Å². The second kappa shape index (κ2) is 5.52. The number of nitrogens with zero attached hydrogens (tertiary/aromatic N) is 1. The van der Waals surface area contributed by atoms with E-state index >= 15 is 0 Å². The van der Waals surface area contributed by atoms with Crippen LogP contribution in [0.15, 0.2) is 0 Å². The van der Waals surface area contributed by atoms with E-state index in [1.165, 1.54) is 25.7 Å². The molecule has 3 unspecified atom stereocenters. The van der Waals surface area contributed by atoms with Gasteiger partial charge < -0.3 is 4.90 Å². The number of fused-ring (bicyclic) bond motifs is 2. The van der Waals surface area contributed by atoms with Crippen LogP contribution in [0.2, 0.25) is 0 Å². The second-order valence-corrected chi connectivity index (χ2v) is 6.09. The van der Waals surface area contributed by atoms with Gasteiger partial charge in [0.05, 0.1) is 0 Å². The van der Waals surface area contributed by atoms with Crippen molar-refractivity contribution in [3.63, 3.8) is 0 Å². The molecule has 3 atom stereocenters. The predicted octanol–water partition coefficient (Wildman–Crippen LogP) is 3.06. The van der Waals surface area contributed by atoms with Crippen molar-refractivity contribution in [2.45, 2.75) is 39.0 Å². The fourth-order valence-electron chi connectivity index (χ4n) is 3.54. The van der Waals surface area contributed by atoms with Crippen LogP contribution in [0.3, 0.4) is 0 Å². The summed E-state index contributed by atoms with van der Waals surface area (Å²) in [6, 6.07) is 0. The van der Waals surface area contributed by atoms with Gasteiger partial charge in [0.2, 0.25) is 5.91 Å². The molecule has 0 aromatic rings. The van der Waals surface area contributed by atoms with Crippen LogP contribution >= 0.6 is 15.9 Å². The Morgan fingerprint density at radius 2 is 2.19 bits per heavy atom. The maximum Gasteiger partial charge on any atom is 0.222 e. The average Bonchev–Trinajstić information content (AvgIpc) is 2.87. The normalized spacial score (nSPS) is 32.0. The molecule has 0 aromatic carbocycles. The van der Waals surface area contributed by atoms with Crippen molar-refractivity contribution in [3.05, 3.63) is 0 Å². The smallest absolute Gasteiger partial charge is 0.222 e. The summed E-state index contributed by atoms with van der Waals surface area (Å²) in [5, 5.41) is 0.892. The minimum atomic E-state index is 0.375. The van der Waals surface area contributed by atoms with Gasteiger partial charge in [-0.3, -0.25) is 4.79 Å². The number of hydrogen-bond donors (Lipinski definition) is 0. The number of rotatable bonds is 5. The van der Waals surface area contributed by atoms with Gasteiger partial charge in [0.15, 0.2) is 0 Å². The highest BCUT2D eigenvalue weighted by Gasteiger charge is 2.40. The first-order valence-electron chi connectivity index (χ1n) is 6.58. The van der Waals surface area contributed by atoms with E-state index in [1.54, 1.807) is 0 Å².